The van der Waals surface area contributed by atoms with E-state index in [0.717, 1.165) is 32.2 Å². The van der Waals surface area contributed by atoms with Gasteiger partial charge in [0.05, 0.1) is 11.6 Å². The molecule has 0 aliphatic carbocycles. The van der Waals surface area contributed by atoms with Crippen LogP contribution >= 0.6 is 0 Å². The van der Waals surface area contributed by atoms with Crippen molar-refractivity contribution >= 4 is 17.6 Å². The summed E-state index contributed by atoms with van der Waals surface area (Å²) in [4.78, 5) is 26.7. The van der Waals surface area contributed by atoms with Crippen molar-refractivity contribution in [3.05, 3.63) is 30.1 Å². The fraction of sp³-hybridized carbons (Fsp3) is 0.579. The van der Waals surface area contributed by atoms with Gasteiger partial charge in [0.2, 0.25) is 5.91 Å². The molecule has 2 fully saturated rings. The van der Waals surface area contributed by atoms with Gasteiger partial charge in [-0.25, -0.2) is 9.18 Å². The van der Waals surface area contributed by atoms with E-state index in [-0.39, 0.29) is 35.6 Å². The normalized spacial score (nSPS) is 26.2. The number of benzene rings is 1. The van der Waals surface area contributed by atoms with Crippen LogP contribution < -0.4 is 16.0 Å². The molecule has 1 aromatic rings. The molecule has 3 rings (SSSR count). The molecule has 6 nitrogen and oxygen atoms in total. The molecule has 2 heterocycles. The van der Waals surface area contributed by atoms with Crippen LogP contribution in [-0.2, 0) is 4.79 Å². The lowest BCUT2D eigenvalue weighted by atomic mass is 9.94. The van der Waals surface area contributed by atoms with E-state index in [1.54, 1.807) is 17.0 Å². The largest absolute Gasteiger partial charge is 0.352 e. The predicted molar refractivity (Wildman–Crippen MR) is 98.3 cm³/mol. The Morgan fingerprint density at radius 2 is 2.04 bits per heavy atom. The highest BCUT2D eigenvalue weighted by molar-refractivity contribution is 5.90. The molecule has 3 amide bonds. The van der Waals surface area contributed by atoms with Crippen LogP contribution in [0.4, 0.5) is 14.9 Å². The van der Waals surface area contributed by atoms with Gasteiger partial charge in [-0.1, -0.05) is 12.1 Å². The summed E-state index contributed by atoms with van der Waals surface area (Å²) in [6.45, 7) is 4.01. The predicted octanol–water partition coefficient (Wildman–Crippen LogP) is 2.33. The van der Waals surface area contributed by atoms with Gasteiger partial charge in [-0.05, 0) is 51.3 Å². The van der Waals surface area contributed by atoms with Crippen LogP contribution in [0.3, 0.4) is 0 Å². The number of carbonyl (C=O) groups is 2. The van der Waals surface area contributed by atoms with E-state index in [1.807, 2.05) is 0 Å². The first-order valence-electron chi connectivity index (χ1n) is 9.39. The molecule has 0 spiro atoms. The monoisotopic (exact) mass is 362 g/mol. The third-order valence-corrected chi connectivity index (χ3v) is 5.28. The third-order valence-electron chi connectivity index (χ3n) is 5.28. The first kappa shape index (κ1) is 18.6. The Morgan fingerprint density at radius 1 is 1.23 bits per heavy atom. The Balaban J connectivity index is 1.55. The summed E-state index contributed by atoms with van der Waals surface area (Å²) < 4.78 is 13.7. The Bertz CT molecular complexity index is 654. The number of hydrogen-bond acceptors (Lipinski definition) is 3. The standard InChI is InChI=1S/C19H27FN4O2/c1-13-16(9-4-10-21-13)22-18(25)14-6-5-11-24(12-14)19(26)23-17-8-3-2-7-15(17)20/h2-3,7-8,13-14,16,21H,4-6,9-12H2,1H3,(H,22,25)(H,23,26). The minimum Gasteiger partial charge on any atom is -0.352 e. The highest BCUT2D eigenvalue weighted by atomic mass is 19.1. The number of carbonyl (C=O) groups excluding carboxylic acids is 2. The van der Waals surface area contributed by atoms with Crippen molar-refractivity contribution in [3.8, 4) is 0 Å². The Kier molecular flexibility index (Phi) is 6.08. The lowest BCUT2D eigenvalue weighted by Gasteiger charge is -2.35. The Morgan fingerprint density at radius 3 is 2.81 bits per heavy atom. The minimum atomic E-state index is -0.467. The maximum atomic E-state index is 13.7. The van der Waals surface area contributed by atoms with Gasteiger partial charge < -0.3 is 20.9 Å². The smallest absolute Gasteiger partial charge is 0.321 e. The second-order valence-corrected chi connectivity index (χ2v) is 7.20. The molecule has 7 heteroatoms. The molecule has 0 aromatic heterocycles. The van der Waals surface area contributed by atoms with Crippen molar-refractivity contribution < 1.29 is 14.0 Å². The van der Waals surface area contributed by atoms with Crippen molar-refractivity contribution in [3.63, 3.8) is 0 Å². The summed E-state index contributed by atoms with van der Waals surface area (Å²) in [5.41, 5.74) is 0.158. The summed E-state index contributed by atoms with van der Waals surface area (Å²) in [6.07, 6.45) is 3.56. The number of anilines is 1. The number of nitrogens with one attached hydrogen (secondary N) is 3. The van der Waals surface area contributed by atoms with Crippen molar-refractivity contribution in [2.75, 3.05) is 25.0 Å². The van der Waals surface area contributed by atoms with Crippen LogP contribution in [0.15, 0.2) is 24.3 Å². The second kappa shape index (κ2) is 8.49. The molecule has 3 N–H and O–H groups in total. The van der Waals surface area contributed by atoms with Crippen molar-refractivity contribution in [1.29, 1.82) is 0 Å². The number of urea groups is 1. The third kappa shape index (κ3) is 4.52. The van der Waals surface area contributed by atoms with E-state index < -0.39 is 5.82 Å². The van der Waals surface area contributed by atoms with Gasteiger partial charge in [0.25, 0.3) is 0 Å². The fourth-order valence-corrected chi connectivity index (χ4v) is 3.67. The Hall–Kier alpha value is -2.15. The summed E-state index contributed by atoms with van der Waals surface area (Å²) in [5, 5.41) is 9.11. The van der Waals surface area contributed by atoms with E-state index in [0.29, 0.717) is 13.1 Å². The first-order valence-corrected chi connectivity index (χ1v) is 9.39. The summed E-state index contributed by atoms with van der Waals surface area (Å²) in [5.74, 6) is -0.677. The van der Waals surface area contributed by atoms with Crippen LogP contribution in [0.25, 0.3) is 0 Å². The molecular formula is C19H27FN4O2. The highest BCUT2D eigenvalue weighted by Gasteiger charge is 2.31. The molecule has 0 bridgehead atoms. The molecule has 1 aromatic carbocycles. The van der Waals surface area contributed by atoms with E-state index in [9.17, 15) is 14.0 Å². The molecule has 2 aliphatic rings. The van der Waals surface area contributed by atoms with Crippen molar-refractivity contribution in [2.24, 2.45) is 5.92 Å². The number of hydrogen-bond donors (Lipinski definition) is 3. The second-order valence-electron chi connectivity index (χ2n) is 7.20. The quantitative estimate of drug-likeness (QED) is 0.773. The minimum absolute atomic E-state index is 0.00828. The number of para-hydroxylation sites is 1. The van der Waals surface area contributed by atoms with E-state index >= 15 is 0 Å². The zero-order valence-electron chi connectivity index (χ0n) is 15.1. The molecule has 2 saturated heterocycles. The molecule has 0 saturated carbocycles. The van der Waals surface area contributed by atoms with Crippen LogP contribution in [0.2, 0.25) is 0 Å². The molecule has 3 unspecified atom stereocenters. The summed E-state index contributed by atoms with van der Waals surface area (Å²) in [7, 11) is 0. The number of likely N-dealkylation sites (tertiary alicyclic amines) is 1. The zero-order chi connectivity index (χ0) is 18.5. The molecule has 2 aliphatic heterocycles. The molecular weight excluding hydrogens is 335 g/mol. The average molecular weight is 362 g/mol. The van der Waals surface area contributed by atoms with Gasteiger partial charge in [0.1, 0.15) is 5.82 Å². The number of rotatable bonds is 3. The van der Waals surface area contributed by atoms with Crippen molar-refractivity contribution in [2.45, 2.75) is 44.7 Å². The lowest BCUT2D eigenvalue weighted by molar-refractivity contribution is -0.127. The zero-order valence-corrected chi connectivity index (χ0v) is 15.1. The van der Waals surface area contributed by atoms with Gasteiger partial charge in [-0.3, -0.25) is 4.79 Å². The van der Waals surface area contributed by atoms with Gasteiger partial charge in [0.15, 0.2) is 0 Å². The fourth-order valence-electron chi connectivity index (χ4n) is 3.67. The van der Waals surface area contributed by atoms with Gasteiger partial charge in [-0.2, -0.15) is 0 Å². The van der Waals surface area contributed by atoms with E-state index in [1.165, 1.54) is 12.1 Å². The first-order chi connectivity index (χ1) is 12.5. The van der Waals surface area contributed by atoms with E-state index in [2.05, 4.69) is 22.9 Å². The summed E-state index contributed by atoms with van der Waals surface area (Å²) in [6, 6.07) is 6.12. The topological polar surface area (TPSA) is 73.5 Å². The lowest BCUT2D eigenvalue weighted by Crippen LogP contribution is -2.55. The maximum Gasteiger partial charge on any atom is 0.321 e. The van der Waals surface area contributed by atoms with Crippen molar-refractivity contribution in [1.82, 2.24) is 15.5 Å². The number of amides is 3. The number of halogens is 1. The molecule has 26 heavy (non-hydrogen) atoms. The van der Waals surface area contributed by atoms with Gasteiger partial charge >= 0.3 is 6.03 Å². The van der Waals surface area contributed by atoms with E-state index in [4.69, 9.17) is 0 Å². The highest BCUT2D eigenvalue weighted by Crippen LogP contribution is 2.20. The van der Waals surface area contributed by atoms with Gasteiger partial charge in [0, 0.05) is 25.2 Å². The average Bonchev–Trinajstić information content (AvgIpc) is 2.65. The molecule has 142 valence electrons. The summed E-state index contributed by atoms with van der Waals surface area (Å²) >= 11 is 0. The Labute approximate surface area is 153 Å². The SMILES string of the molecule is CC1NCCCC1NC(=O)C1CCCN(C(=O)Nc2ccccc2F)C1. The number of nitrogens with zero attached hydrogens (tertiary/aromatic N) is 1. The molecule has 3 atom stereocenters. The number of piperidine rings is 2. The van der Waals surface area contributed by atoms with Gasteiger partial charge in [-0.15, -0.1) is 0 Å². The van der Waals surface area contributed by atoms with Crippen LogP contribution in [0.5, 0.6) is 0 Å². The maximum absolute atomic E-state index is 13.7. The van der Waals surface area contributed by atoms with Crippen LogP contribution in [0, 0.1) is 11.7 Å². The van der Waals surface area contributed by atoms with Crippen LogP contribution in [0.1, 0.15) is 32.6 Å². The molecule has 0 radical (unpaired) electrons. The van der Waals surface area contributed by atoms with Crippen LogP contribution in [-0.4, -0.2) is 48.6 Å².